The third kappa shape index (κ3) is 3.34. The minimum absolute atomic E-state index is 0.418. The topological polar surface area (TPSA) is 9.23 Å². The monoisotopic (exact) mass is 314 g/mol. The summed E-state index contributed by atoms with van der Waals surface area (Å²) in [6.45, 7) is 13.3. The highest BCUT2D eigenvalue weighted by Crippen LogP contribution is 2.53. The molecule has 2 aliphatic carbocycles. The molecule has 0 saturated heterocycles. The maximum Gasteiger partial charge on any atom is 0.122 e. The molecule has 0 bridgehead atoms. The minimum Gasteiger partial charge on any atom is -0.496 e. The average Bonchev–Trinajstić information content (AvgIpc) is 2.54. The molecule has 0 aromatic heterocycles. The van der Waals surface area contributed by atoms with Gasteiger partial charge in [-0.3, -0.25) is 0 Å². The van der Waals surface area contributed by atoms with Crippen molar-refractivity contribution in [1.29, 1.82) is 0 Å². The molecule has 3 rings (SSSR count). The second-order valence-corrected chi connectivity index (χ2v) is 7.75. The largest absolute Gasteiger partial charge is 0.496 e. The maximum absolute atomic E-state index is 5.68. The van der Waals surface area contributed by atoms with Gasteiger partial charge < -0.3 is 4.74 Å². The number of rotatable bonds is 2. The summed E-state index contributed by atoms with van der Waals surface area (Å²) < 4.78 is 5.68. The Morgan fingerprint density at radius 3 is 2.48 bits per heavy atom. The zero-order valence-electron chi connectivity index (χ0n) is 16.1. The van der Waals surface area contributed by atoms with Crippen molar-refractivity contribution in [3.8, 4) is 5.75 Å². The Labute approximate surface area is 143 Å². The number of allylic oxidation sites excluding steroid dienone is 1. The second-order valence-electron chi connectivity index (χ2n) is 7.75. The highest BCUT2D eigenvalue weighted by Gasteiger charge is 2.40. The van der Waals surface area contributed by atoms with Gasteiger partial charge in [-0.2, -0.15) is 0 Å². The zero-order chi connectivity index (χ0) is 17.2. The van der Waals surface area contributed by atoms with E-state index >= 15 is 0 Å². The van der Waals surface area contributed by atoms with Crippen LogP contribution in [-0.2, 0) is 0 Å². The van der Waals surface area contributed by atoms with E-state index in [1.807, 2.05) is 13.8 Å². The third-order valence-electron chi connectivity index (χ3n) is 5.61. The molecule has 0 N–H and O–H groups in total. The molecule has 0 spiro atoms. The molecule has 1 aromatic rings. The molecule has 1 aromatic carbocycles. The Balaban J connectivity index is 0.000000924. The summed E-state index contributed by atoms with van der Waals surface area (Å²) in [4.78, 5) is 0. The van der Waals surface area contributed by atoms with E-state index < -0.39 is 0 Å². The smallest absolute Gasteiger partial charge is 0.122 e. The van der Waals surface area contributed by atoms with Gasteiger partial charge in [0.1, 0.15) is 5.75 Å². The van der Waals surface area contributed by atoms with E-state index in [2.05, 4.69) is 52.0 Å². The van der Waals surface area contributed by atoms with E-state index in [0.29, 0.717) is 23.2 Å². The Morgan fingerprint density at radius 2 is 1.87 bits per heavy atom. The molecule has 2 aliphatic rings. The molecule has 1 fully saturated rings. The van der Waals surface area contributed by atoms with Crippen molar-refractivity contribution < 1.29 is 4.74 Å². The van der Waals surface area contributed by atoms with Crippen LogP contribution in [0.5, 0.6) is 5.75 Å². The summed E-state index contributed by atoms with van der Waals surface area (Å²) in [5, 5.41) is 0. The molecule has 1 heteroatoms. The molecule has 23 heavy (non-hydrogen) atoms. The van der Waals surface area contributed by atoms with E-state index in [-0.39, 0.29) is 0 Å². The van der Waals surface area contributed by atoms with E-state index in [1.165, 1.54) is 36.0 Å². The van der Waals surface area contributed by atoms with Gasteiger partial charge in [0.25, 0.3) is 0 Å². The lowest BCUT2D eigenvalue weighted by Crippen LogP contribution is -2.34. The van der Waals surface area contributed by atoms with Crippen LogP contribution in [0, 0.1) is 11.3 Å². The fourth-order valence-corrected chi connectivity index (χ4v) is 4.34. The normalized spacial score (nSPS) is 24.3. The first-order valence-electron chi connectivity index (χ1n) is 9.34. The van der Waals surface area contributed by atoms with E-state index in [1.54, 1.807) is 7.11 Å². The Hall–Kier alpha value is -1.24. The van der Waals surface area contributed by atoms with Crippen LogP contribution < -0.4 is 4.74 Å². The lowest BCUT2D eigenvalue weighted by Gasteiger charge is -2.45. The maximum atomic E-state index is 5.68. The lowest BCUT2D eigenvalue weighted by atomic mass is 9.59. The summed E-state index contributed by atoms with van der Waals surface area (Å²) in [7, 11) is 1.80. The van der Waals surface area contributed by atoms with Crippen LogP contribution in [0.25, 0.3) is 6.08 Å². The molecular formula is C22H34O. The minimum atomic E-state index is 0.418. The van der Waals surface area contributed by atoms with Gasteiger partial charge in [-0.05, 0) is 64.8 Å². The van der Waals surface area contributed by atoms with Crippen LogP contribution in [-0.4, -0.2) is 7.11 Å². The van der Waals surface area contributed by atoms with Crippen molar-refractivity contribution in [2.45, 2.75) is 72.6 Å². The van der Waals surface area contributed by atoms with Crippen molar-refractivity contribution >= 4 is 6.08 Å². The zero-order valence-corrected chi connectivity index (χ0v) is 16.1. The van der Waals surface area contributed by atoms with Gasteiger partial charge in [0.05, 0.1) is 7.11 Å². The first-order valence-corrected chi connectivity index (χ1v) is 9.34. The molecule has 0 amide bonds. The van der Waals surface area contributed by atoms with Gasteiger partial charge in [-0.1, -0.05) is 60.1 Å². The van der Waals surface area contributed by atoms with Gasteiger partial charge in [0.15, 0.2) is 0 Å². The van der Waals surface area contributed by atoms with Crippen molar-refractivity contribution in [2.75, 3.05) is 7.11 Å². The van der Waals surface area contributed by atoms with Crippen LogP contribution in [0.4, 0.5) is 0 Å². The number of methoxy groups -OCH3 is 1. The number of hydrogen-bond acceptors (Lipinski definition) is 1. The van der Waals surface area contributed by atoms with Gasteiger partial charge >= 0.3 is 0 Å². The van der Waals surface area contributed by atoms with Crippen LogP contribution in [0.2, 0.25) is 0 Å². The van der Waals surface area contributed by atoms with Crippen LogP contribution in [0.15, 0.2) is 18.2 Å². The van der Waals surface area contributed by atoms with Gasteiger partial charge in [-0.15, -0.1) is 0 Å². The quantitative estimate of drug-likeness (QED) is 0.584. The molecular weight excluding hydrogens is 280 g/mol. The fourth-order valence-electron chi connectivity index (χ4n) is 4.34. The van der Waals surface area contributed by atoms with Crippen LogP contribution >= 0.6 is 0 Å². The standard InChI is InChI=1S/C20H28O.C2H6/c1-13(2)16-11-14-8-9-18-15(7-6-10-20(18,3)4)17(14)12-19(16)21-5;1-2/h8-9,11-13,15,18H,6-7,10H2,1-5H3;1-2H3. The molecule has 0 heterocycles. The number of fused-ring (bicyclic) bond motifs is 3. The molecule has 1 nitrogen and oxygen atoms in total. The highest BCUT2D eigenvalue weighted by molar-refractivity contribution is 5.63. The van der Waals surface area contributed by atoms with E-state index in [9.17, 15) is 0 Å². The SMILES string of the molecule is CC.COc1cc2c(cc1C(C)C)C=CC1C2CCCC1(C)C. The molecule has 128 valence electrons. The summed E-state index contributed by atoms with van der Waals surface area (Å²) in [6, 6.07) is 4.68. The summed E-state index contributed by atoms with van der Waals surface area (Å²) in [6.07, 6.45) is 8.83. The van der Waals surface area contributed by atoms with Crippen molar-refractivity contribution in [3.05, 3.63) is 34.9 Å². The van der Waals surface area contributed by atoms with Crippen LogP contribution in [0.1, 0.15) is 89.3 Å². The number of hydrogen-bond donors (Lipinski definition) is 0. The Bertz CT molecular complexity index is 566. The summed E-state index contributed by atoms with van der Waals surface area (Å²) in [5.74, 6) is 2.91. The Morgan fingerprint density at radius 1 is 1.17 bits per heavy atom. The fraction of sp³-hybridized carbons (Fsp3) is 0.636. The average molecular weight is 315 g/mol. The third-order valence-corrected chi connectivity index (χ3v) is 5.61. The Kier molecular flexibility index (Phi) is 5.60. The van der Waals surface area contributed by atoms with Gasteiger partial charge in [-0.25, -0.2) is 0 Å². The first kappa shape index (κ1) is 18.1. The van der Waals surface area contributed by atoms with Crippen molar-refractivity contribution in [1.82, 2.24) is 0 Å². The predicted molar refractivity (Wildman–Crippen MR) is 101 cm³/mol. The lowest BCUT2D eigenvalue weighted by molar-refractivity contribution is 0.150. The highest BCUT2D eigenvalue weighted by atomic mass is 16.5. The predicted octanol–water partition coefficient (Wildman–Crippen LogP) is 6.78. The van der Waals surface area contributed by atoms with E-state index in [0.717, 1.165) is 5.75 Å². The summed E-state index contributed by atoms with van der Waals surface area (Å²) >= 11 is 0. The number of ether oxygens (including phenoxy) is 1. The molecule has 0 aliphatic heterocycles. The van der Waals surface area contributed by atoms with Crippen molar-refractivity contribution in [3.63, 3.8) is 0 Å². The first-order chi connectivity index (χ1) is 10.9. The molecule has 0 radical (unpaired) electrons. The van der Waals surface area contributed by atoms with Gasteiger partial charge in [0.2, 0.25) is 0 Å². The van der Waals surface area contributed by atoms with E-state index in [4.69, 9.17) is 4.74 Å². The second kappa shape index (κ2) is 7.11. The molecule has 2 unspecified atom stereocenters. The van der Waals surface area contributed by atoms with Gasteiger partial charge in [0, 0.05) is 0 Å². The number of benzene rings is 1. The van der Waals surface area contributed by atoms with Crippen molar-refractivity contribution in [2.24, 2.45) is 11.3 Å². The summed E-state index contributed by atoms with van der Waals surface area (Å²) in [5.41, 5.74) is 4.67. The molecule has 1 saturated carbocycles. The molecule has 2 atom stereocenters. The van der Waals surface area contributed by atoms with Crippen LogP contribution in [0.3, 0.4) is 0 Å².